The fraction of sp³-hybridized carbons (Fsp3) is 0.333. The van der Waals surface area contributed by atoms with Crippen LogP contribution >= 0.6 is 15.9 Å². The van der Waals surface area contributed by atoms with E-state index in [0.717, 1.165) is 11.1 Å². The van der Waals surface area contributed by atoms with E-state index in [9.17, 15) is 0 Å². The van der Waals surface area contributed by atoms with Crippen molar-refractivity contribution in [1.82, 2.24) is 0 Å². The molecule has 1 nitrogen and oxygen atoms in total. The second-order valence-corrected chi connectivity index (χ2v) is 5.62. The average molecular weight is 293 g/mol. The lowest BCUT2D eigenvalue weighted by Crippen LogP contribution is -2.22. The van der Waals surface area contributed by atoms with Gasteiger partial charge in [0.05, 0.1) is 6.61 Å². The van der Waals surface area contributed by atoms with Gasteiger partial charge in [0.1, 0.15) is 5.75 Å². The first kappa shape index (κ1) is 12.4. The van der Waals surface area contributed by atoms with Gasteiger partial charge in [-0.05, 0) is 11.5 Å². The van der Waals surface area contributed by atoms with E-state index in [1.54, 1.807) is 0 Å². The Morgan fingerprint density at radius 1 is 1.06 bits per heavy atom. The van der Waals surface area contributed by atoms with Crippen LogP contribution in [0.3, 0.4) is 0 Å². The lowest BCUT2D eigenvalue weighted by atomic mass is 9.98. The third kappa shape index (κ3) is 3.01. The summed E-state index contributed by atoms with van der Waals surface area (Å²) in [6, 6.07) is 14.5. The molecule has 0 heterocycles. The molecule has 0 saturated carbocycles. The molecule has 2 aromatic carbocycles. The van der Waals surface area contributed by atoms with Crippen molar-refractivity contribution in [3.05, 3.63) is 42.5 Å². The zero-order chi connectivity index (χ0) is 12.3. The molecule has 0 amide bonds. The van der Waals surface area contributed by atoms with E-state index in [0.29, 0.717) is 6.61 Å². The molecule has 0 fully saturated rings. The van der Waals surface area contributed by atoms with Crippen LogP contribution in [0, 0.1) is 5.41 Å². The van der Waals surface area contributed by atoms with Crippen LogP contribution in [0.15, 0.2) is 42.5 Å². The highest BCUT2D eigenvalue weighted by molar-refractivity contribution is 9.09. The molecule has 0 aliphatic rings. The zero-order valence-electron chi connectivity index (χ0n) is 10.2. The van der Waals surface area contributed by atoms with Crippen molar-refractivity contribution in [2.75, 3.05) is 11.9 Å². The predicted octanol–water partition coefficient (Wildman–Crippen LogP) is 4.64. The van der Waals surface area contributed by atoms with Gasteiger partial charge in [0.25, 0.3) is 0 Å². The minimum atomic E-state index is 0.150. The Bertz CT molecular complexity index is 500. The molecule has 0 atom stereocenters. The van der Waals surface area contributed by atoms with Gasteiger partial charge in [-0.15, -0.1) is 0 Å². The molecule has 0 aliphatic heterocycles. The van der Waals surface area contributed by atoms with Crippen LogP contribution in [0.1, 0.15) is 13.8 Å². The Morgan fingerprint density at radius 3 is 2.53 bits per heavy atom. The maximum Gasteiger partial charge on any atom is 0.127 e. The Hall–Kier alpha value is -1.02. The van der Waals surface area contributed by atoms with Crippen molar-refractivity contribution in [3.63, 3.8) is 0 Å². The summed E-state index contributed by atoms with van der Waals surface area (Å²) in [6.45, 7) is 5.09. The smallest absolute Gasteiger partial charge is 0.127 e. The lowest BCUT2D eigenvalue weighted by molar-refractivity contribution is 0.205. The van der Waals surface area contributed by atoms with Gasteiger partial charge in [0.15, 0.2) is 0 Å². The molecule has 17 heavy (non-hydrogen) atoms. The standard InChI is InChI=1S/C15H17BrO/c1-15(2,10-16)11-17-14-9-5-7-12-6-3-4-8-13(12)14/h3-9H,10-11H2,1-2H3. The quantitative estimate of drug-likeness (QED) is 0.746. The predicted molar refractivity (Wildman–Crippen MR) is 77.0 cm³/mol. The van der Waals surface area contributed by atoms with Gasteiger partial charge in [-0.3, -0.25) is 0 Å². The summed E-state index contributed by atoms with van der Waals surface area (Å²) >= 11 is 3.51. The van der Waals surface area contributed by atoms with E-state index >= 15 is 0 Å². The normalized spacial score (nSPS) is 11.7. The van der Waals surface area contributed by atoms with Gasteiger partial charge < -0.3 is 4.74 Å². The molecule has 2 heteroatoms. The maximum atomic E-state index is 5.94. The first-order valence-electron chi connectivity index (χ1n) is 5.79. The topological polar surface area (TPSA) is 9.23 Å². The van der Waals surface area contributed by atoms with Gasteiger partial charge in [0.2, 0.25) is 0 Å². The molecule has 0 radical (unpaired) electrons. The summed E-state index contributed by atoms with van der Waals surface area (Å²) in [5.41, 5.74) is 0.150. The molecule has 0 aromatic heterocycles. The Morgan fingerprint density at radius 2 is 1.76 bits per heavy atom. The number of fused-ring (bicyclic) bond motifs is 1. The molecule has 0 saturated heterocycles. The monoisotopic (exact) mass is 292 g/mol. The van der Waals surface area contributed by atoms with Gasteiger partial charge >= 0.3 is 0 Å². The SMILES string of the molecule is CC(C)(CBr)COc1cccc2ccccc12. The van der Waals surface area contributed by atoms with Crippen LogP contribution in [0.4, 0.5) is 0 Å². The van der Waals surface area contributed by atoms with Gasteiger partial charge in [-0.25, -0.2) is 0 Å². The fourth-order valence-corrected chi connectivity index (χ4v) is 1.80. The summed E-state index contributed by atoms with van der Waals surface area (Å²) in [6.07, 6.45) is 0. The van der Waals surface area contributed by atoms with Crippen LogP contribution in [-0.4, -0.2) is 11.9 Å². The fourth-order valence-electron chi connectivity index (χ4n) is 1.63. The highest BCUT2D eigenvalue weighted by atomic mass is 79.9. The zero-order valence-corrected chi connectivity index (χ0v) is 11.8. The van der Waals surface area contributed by atoms with Gasteiger partial charge in [-0.2, -0.15) is 0 Å². The number of benzene rings is 2. The van der Waals surface area contributed by atoms with Gasteiger partial charge in [0, 0.05) is 16.1 Å². The molecular formula is C15H17BrO. The van der Waals surface area contributed by atoms with Crippen molar-refractivity contribution in [1.29, 1.82) is 0 Å². The highest BCUT2D eigenvalue weighted by Crippen LogP contribution is 2.27. The van der Waals surface area contributed by atoms with Crippen molar-refractivity contribution < 1.29 is 4.74 Å². The van der Waals surface area contributed by atoms with Crippen molar-refractivity contribution >= 4 is 26.7 Å². The third-order valence-corrected chi connectivity index (χ3v) is 4.25. The van der Waals surface area contributed by atoms with Crippen LogP contribution in [0.25, 0.3) is 10.8 Å². The van der Waals surface area contributed by atoms with Crippen LogP contribution in [-0.2, 0) is 0 Å². The molecule has 2 aromatic rings. The molecule has 0 aliphatic carbocycles. The van der Waals surface area contributed by atoms with Crippen LogP contribution in [0.5, 0.6) is 5.75 Å². The van der Waals surface area contributed by atoms with Crippen LogP contribution in [0.2, 0.25) is 0 Å². The lowest BCUT2D eigenvalue weighted by Gasteiger charge is -2.22. The number of hydrogen-bond donors (Lipinski definition) is 0. The Balaban J connectivity index is 2.24. The number of alkyl halides is 1. The number of rotatable bonds is 4. The van der Waals surface area contributed by atoms with E-state index in [-0.39, 0.29) is 5.41 Å². The summed E-state index contributed by atoms with van der Waals surface area (Å²) in [5.74, 6) is 0.970. The first-order chi connectivity index (χ1) is 8.12. The highest BCUT2D eigenvalue weighted by Gasteiger charge is 2.17. The number of ether oxygens (including phenoxy) is 1. The summed E-state index contributed by atoms with van der Waals surface area (Å²) in [5, 5.41) is 3.34. The molecule has 0 unspecified atom stereocenters. The largest absolute Gasteiger partial charge is 0.492 e. The molecule has 90 valence electrons. The minimum absolute atomic E-state index is 0.150. The molecule has 0 bridgehead atoms. The molecular weight excluding hydrogens is 276 g/mol. The van der Waals surface area contributed by atoms with E-state index in [1.807, 2.05) is 18.2 Å². The molecule has 0 N–H and O–H groups in total. The summed E-state index contributed by atoms with van der Waals surface area (Å²) < 4.78 is 5.94. The van der Waals surface area contributed by atoms with E-state index in [1.165, 1.54) is 10.8 Å². The summed E-state index contributed by atoms with van der Waals surface area (Å²) in [4.78, 5) is 0. The number of hydrogen-bond acceptors (Lipinski definition) is 1. The van der Waals surface area contributed by atoms with E-state index in [4.69, 9.17) is 4.74 Å². The Kier molecular flexibility index (Phi) is 3.72. The minimum Gasteiger partial charge on any atom is -0.492 e. The Labute approximate surface area is 111 Å². The third-order valence-electron chi connectivity index (χ3n) is 2.73. The molecule has 0 spiro atoms. The second-order valence-electron chi connectivity index (χ2n) is 5.06. The second kappa shape index (κ2) is 5.09. The van der Waals surface area contributed by atoms with Crippen molar-refractivity contribution in [2.24, 2.45) is 5.41 Å². The van der Waals surface area contributed by atoms with Gasteiger partial charge in [-0.1, -0.05) is 66.2 Å². The van der Waals surface area contributed by atoms with Crippen LogP contribution < -0.4 is 4.74 Å². The molecule has 2 rings (SSSR count). The number of halogens is 1. The van der Waals surface area contributed by atoms with Crippen molar-refractivity contribution in [2.45, 2.75) is 13.8 Å². The average Bonchev–Trinajstić information content (AvgIpc) is 2.36. The van der Waals surface area contributed by atoms with E-state index in [2.05, 4.69) is 54.0 Å². The maximum absolute atomic E-state index is 5.94. The summed E-state index contributed by atoms with van der Waals surface area (Å²) in [7, 11) is 0. The van der Waals surface area contributed by atoms with E-state index < -0.39 is 0 Å². The first-order valence-corrected chi connectivity index (χ1v) is 6.91. The van der Waals surface area contributed by atoms with Crippen molar-refractivity contribution in [3.8, 4) is 5.75 Å².